The summed E-state index contributed by atoms with van der Waals surface area (Å²) in [5.41, 5.74) is 0. The van der Waals surface area contributed by atoms with Gasteiger partial charge in [-0.2, -0.15) is 0 Å². The third kappa shape index (κ3) is 1420. The number of hydrogen-bond acceptors (Lipinski definition) is 4. The topological polar surface area (TPSA) is 161 Å². The first kappa shape index (κ1) is 17.7. The maximum atomic E-state index is 8.77. The van der Waals surface area contributed by atoms with E-state index in [1.807, 2.05) is 0 Å². The van der Waals surface area contributed by atoms with Crippen LogP contribution in [0.15, 0.2) is 0 Å². The van der Waals surface area contributed by atoms with Crippen LogP contribution in [0.1, 0.15) is 0 Å². The van der Waals surface area contributed by atoms with Crippen LogP contribution < -0.4 is 9.79 Å². The summed E-state index contributed by atoms with van der Waals surface area (Å²) in [7, 11) is -9.78. The van der Waals surface area contributed by atoms with Gasteiger partial charge in [-0.1, -0.05) is 0 Å². The van der Waals surface area contributed by atoms with E-state index in [1.165, 1.54) is 0 Å². The molecular formula is H6GeO8P2. The predicted octanol–water partition coefficient (Wildman–Crippen LogP) is -4.04. The van der Waals surface area contributed by atoms with Crippen molar-refractivity contribution in [3.8, 4) is 0 Å². The van der Waals surface area contributed by atoms with Gasteiger partial charge in [0.05, 0.1) is 0 Å². The van der Waals surface area contributed by atoms with Crippen molar-refractivity contribution in [1.82, 2.24) is 0 Å². The molecule has 0 atom stereocenters. The Morgan fingerprint density at radius 2 is 0.818 bits per heavy atom. The molecule has 0 aromatic heterocycles. The molecule has 0 saturated carbocycles. The number of hydrogen-bond donors (Lipinski definition) is 4. The summed E-state index contributed by atoms with van der Waals surface area (Å²) in [6.45, 7) is 0. The van der Waals surface area contributed by atoms with Crippen LogP contribution in [0.2, 0.25) is 0 Å². The zero-order chi connectivity index (χ0) is 9.00. The first-order valence-electron chi connectivity index (χ1n) is 1.53. The van der Waals surface area contributed by atoms with Crippen LogP contribution in [0.4, 0.5) is 0 Å². The summed E-state index contributed by atoms with van der Waals surface area (Å²) < 4.78 is 17.5. The minimum absolute atomic E-state index is 0. The fraction of sp³-hybridized carbons (Fsp3) is 0. The van der Waals surface area contributed by atoms with Crippen LogP contribution in [0, 0.1) is 0 Å². The molecule has 0 amide bonds. The van der Waals surface area contributed by atoms with Crippen molar-refractivity contribution in [3.63, 3.8) is 0 Å². The van der Waals surface area contributed by atoms with Crippen LogP contribution >= 0.6 is 15.6 Å². The van der Waals surface area contributed by atoms with E-state index in [4.69, 9.17) is 38.5 Å². The summed E-state index contributed by atoms with van der Waals surface area (Å²) in [5, 5.41) is 0. The van der Waals surface area contributed by atoms with Crippen LogP contribution in [0.5, 0.6) is 0 Å². The molecule has 11 heteroatoms. The number of rotatable bonds is 0. The van der Waals surface area contributed by atoms with E-state index in [-0.39, 0.29) is 17.6 Å². The summed E-state index contributed by atoms with van der Waals surface area (Å²) in [6, 6.07) is 0. The van der Waals surface area contributed by atoms with Gasteiger partial charge in [-0.25, -0.2) is 0 Å². The molecule has 11 heavy (non-hydrogen) atoms. The monoisotopic (exact) mass is 270 g/mol. The molecular weight excluding hydrogens is 263 g/mol. The van der Waals surface area contributed by atoms with Gasteiger partial charge in [0.1, 0.15) is 0 Å². The van der Waals surface area contributed by atoms with Crippen molar-refractivity contribution in [1.29, 1.82) is 0 Å². The Bertz CT molecular complexity index is 124. The molecule has 0 aliphatic heterocycles. The third-order valence-electron chi connectivity index (χ3n) is 0. The van der Waals surface area contributed by atoms with Crippen molar-refractivity contribution in [2.45, 2.75) is 0 Å². The summed E-state index contributed by atoms with van der Waals surface area (Å²) >= 11 is 0. The molecule has 68 valence electrons. The van der Waals surface area contributed by atoms with Crippen molar-refractivity contribution in [3.05, 3.63) is 0 Å². The van der Waals surface area contributed by atoms with Crippen molar-refractivity contribution in [2.24, 2.45) is 0 Å². The second-order valence-corrected chi connectivity index (χ2v) is 2.94. The number of phosphoric acid groups is 2. The summed E-state index contributed by atoms with van der Waals surface area (Å²) in [5.74, 6) is 0. The molecule has 0 aliphatic carbocycles. The van der Waals surface area contributed by atoms with Gasteiger partial charge in [0.15, 0.2) is 0 Å². The fourth-order valence-corrected chi connectivity index (χ4v) is 0. The Balaban J connectivity index is -0.000000107. The fourth-order valence-electron chi connectivity index (χ4n) is 0. The predicted molar refractivity (Wildman–Crippen MR) is 32.6 cm³/mol. The van der Waals surface area contributed by atoms with Crippen molar-refractivity contribution >= 4 is 33.2 Å². The zero-order valence-corrected chi connectivity index (χ0v) is 9.78. The van der Waals surface area contributed by atoms with E-state index < -0.39 is 15.6 Å². The molecule has 0 heterocycles. The van der Waals surface area contributed by atoms with Crippen LogP contribution in [-0.4, -0.2) is 37.2 Å². The molecule has 4 N–H and O–H groups in total. The molecule has 0 fully saturated rings. The Morgan fingerprint density at radius 3 is 0.818 bits per heavy atom. The van der Waals surface area contributed by atoms with E-state index in [1.54, 1.807) is 0 Å². The molecule has 0 aromatic rings. The Morgan fingerprint density at radius 1 is 0.818 bits per heavy atom. The van der Waals surface area contributed by atoms with Gasteiger partial charge in [-0.3, -0.25) is 9.13 Å². The standard InChI is InChI=1S/GeH2.2H3O4P/c;2*1-5(2,3)4/h1H2;2*(H3,1,2,3,4)/q+2;;/p-2. The van der Waals surface area contributed by atoms with Crippen LogP contribution in [0.25, 0.3) is 0 Å². The van der Waals surface area contributed by atoms with Crippen molar-refractivity contribution < 1.29 is 38.5 Å². The van der Waals surface area contributed by atoms with Gasteiger partial charge in [0.25, 0.3) is 15.6 Å². The Kier molecular flexibility index (Phi) is 10.2. The van der Waals surface area contributed by atoms with Crippen LogP contribution in [0.3, 0.4) is 0 Å². The van der Waals surface area contributed by atoms with Gasteiger partial charge in [0.2, 0.25) is 0 Å². The summed E-state index contributed by atoms with van der Waals surface area (Å²) in [4.78, 5) is 45.8. The van der Waals surface area contributed by atoms with E-state index in [0.717, 1.165) is 0 Å². The minimum atomic E-state index is -4.89. The molecule has 8 nitrogen and oxygen atoms in total. The molecule has 0 radical (unpaired) electrons. The first-order valence-corrected chi connectivity index (χ1v) is 4.59. The average molecular weight is 269 g/mol. The molecule has 0 unspecified atom stereocenters. The van der Waals surface area contributed by atoms with Gasteiger partial charge in [0, 0.05) is 0 Å². The van der Waals surface area contributed by atoms with E-state index >= 15 is 0 Å². The quantitative estimate of drug-likeness (QED) is 0.255. The Hall–Kier alpha value is 0.763. The first-order chi connectivity index (χ1) is 4.00. The normalized spacial score (nSPS) is 10.7. The van der Waals surface area contributed by atoms with E-state index in [0.29, 0.717) is 0 Å². The third-order valence-corrected chi connectivity index (χ3v) is 0. The molecule has 0 saturated heterocycles. The molecule has 0 bridgehead atoms. The second-order valence-electron chi connectivity index (χ2n) is 0.981. The second kappa shape index (κ2) is 6.30. The summed E-state index contributed by atoms with van der Waals surface area (Å²) in [6.07, 6.45) is 0. The molecule has 0 spiro atoms. The molecule has 0 aliphatic rings. The van der Waals surface area contributed by atoms with Crippen molar-refractivity contribution in [2.75, 3.05) is 0 Å². The average Bonchev–Trinajstić information content (AvgIpc) is 1.12. The zero-order valence-electron chi connectivity index (χ0n) is 5.02. The van der Waals surface area contributed by atoms with E-state index in [9.17, 15) is 0 Å². The van der Waals surface area contributed by atoms with Gasteiger partial charge >= 0.3 is 17.6 Å². The maximum absolute atomic E-state index is 8.77. The van der Waals surface area contributed by atoms with Crippen LogP contribution in [-0.2, 0) is 9.13 Å². The van der Waals surface area contributed by atoms with Gasteiger partial charge < -0.3 is 29.4 Å². The SMILES string of the molecule is O=P([O-])(O)O.O=P([O-])(O)O.[GeH2+2]. The Labute approximate surface area is 72.3 Å². The molecule has 0 rings (SSSR count). The molecule has 0 aromatic carbocycles. The van der Waals surface area contributed by atoms with Gasteiger partial charge in [-0.05, 0) is 0 Å². The van der Waals surface area contributed by atoms with E-state index in [2.05, 4.69) is 0 Å². The van der Waals surface area contributed by atoms with Gasteiger partial charge in [-0.15, -0.1) is 0 Å².